The summed E-state index contributed by atoms with van der Waals surface area (Å²) in [4.78, 5) is 0. The Morgan fingerprint density at radius 1 is 1.33 bits per heavy atom. The number of rotatable bonds is 5. The molecule has 0 aliphatic heterocycles. The van der Waals surface area contributed by atoms with Crippen LogP contribution in [0.4, 0.5) is 8.78 Å². The smallest absolute Gasteiger partial charge is 0.0969 e. The van der Waals surface area contributed by atoms with Gasteiger partial charge in [-0.25, -0.2) is 0 Å². The van der Waals surface area contributed by atoms with E-state index >= 15 is 0 Å². The van der Waals surface area contributed by atoms with E-state index in [-0.39, 0.29) is 6.61 Å². The van der Waals surface area contributed by atoms with Crippen molar-refractivity contribution in [2.45, 2.75) is 6.92 Å². The lowest BCUT2D eigenvalue weighted by Gasteiger charge is -2.06. The highest BCUT2D eigenvalue weighted by Crippen LogP contribution is 1.98. The summed E-state index contributed by atoms with van der Waals surface area (Å²) >= 11 is 0. The predicted molar refractivity (Wildman–Crippen MR) is 31.9 cm³/mol. The van der Waals surface area contributed by atoms with Crippen molar-refractivity contribution in [3.63, 3.8) is 0 Å². The molecule has 0 aliphatic rings. The molecule has 0 saturated heterocycles. The zero-order chi connectivity index (χ0) is 7.11. The molecule has 0 heterocycles. The number of halogens is 2. The topological polar surface area (TPSA) is 9.23 Å². The Bertz CT molecular complexity index is 55.0. The van der Waals surface area contributed by atoms with Crippen molar-refractivity contribution in [3.8, 4) is 0 Å². The Labute approximate surface area is 54.0 Å². The Morgan fingerprint density at radius 3 is 2.22 bits per heavy atom. The van der Waals surface area contributed by atoms with Gasteiger partial charge in [0.15, 0.2) is 0 Å². The number of hydrogen-bond acceptors (Lipinski definition) is 1. The van der Waals surface area contributed by atoms with Crippen LogP contribution in [0.3, 0.4) is 0 Å². The lowest BCUT2D eigenvalue weighted by Crippen LogP contribution is -2.13. The van der Waals surface area contributed by atoms with Gasteiger partial charge in [0.1, 0.15) is 0 Å². The summed E-state index contributed by atoms with van der Waals surface area (Å²) < 4.78 is 28.1. The van der Waals surface area contributed by atoms with E-state index in [1.165, 1.54) is 0 Å². The van der Waals surface area contributed by atoms with Crippen molar-refractivity contribution < 1.29 is 13.5 Å². The largest absolute Gasteiger partial charge is 0.381 e. The van der Waals surface area contributed by atoms with Crippen LogP contribution in [-0.2, 0) is 4.74 Å². The van der Waals surface area contributed by atoms with Gasteiger partial charge in [0.05, 0.1) is 20.0 Å². The van der Waals surface area contributed by atoms with E-state index in [1.54, 1.807) is 6.92 Å². The van der Waals surface area contributed by atoms with Gasteiger partial charge in [-0.1, -0.05) is 0 Å². The normalized spacial score (nSPS) is 10.7. The van der Waals surface area contributed by atoms with Crippen molar-refractivity contribution in [1.29, 1.82) is 0 Å². The molecule has 0 saturated carbocycles. The van der Waals surface area contributed by atoms with E-state index in [2.05, 4.69) is 0 Å². The summed E-state index contributed by atoms with van der Waals surface area (Å²) in [5.41, 5.74) is 0. The van der Waals surface area contributed by atoms with Crippen molar-refractivity contribution >= 4 is 0 Å². The molecule has 0 aromatic carbocycles. The Balaban J connectivity index is 3.09. The molecule has 1 nitrogen and oxygen atoms in total. The molecule has 0 fully saturated rings. The van der Waals surface area contributed by atoms with Gasteiger partial charge in [-0.3, -0.25) is 8.78 Å². The molecule has 3 heteroatoms. The number of hydrogen-bond donors (Lipinski definition) is 0. The maximum absolute atomic E-state index is 11.7. The van der Waals surface area contributed by atoms with Crippen LogP contribution in [0.5, 0.6) is 0 Å². The van der Waals surface area contributed by atoms with Gasteiger partial charge in [-0.05, 0) is 6.92 Å². The summed E-state index contributed by atoms with van der Waals surface area (Å²) in [5.74, 6) is -0.551. The fourth-order valence-corrected chi connectivity index (χ4v) is 0.415. The maximum Gasteiger partial charge on any atom is 0.0969 e. The molecule has 0 unspecified atom stereocenters. The van der Waals surface area contributed by atoms with Gasteiger partial charge in [-0.15, -0.1) is 0 Å². The molecule has 0 radical (unpaired) electrons. The molecular weight excluding hydrogens is 126 g/mol. The molecule has 9 heavy (non-hydrogen) atoms. The minimum absolute atomic E-state index is 0.198. The zero-order valence-electron chi connectivity index (χ0n) is 5.57. The monoisotopic (exact) mass is 138 g/mol. The lowest BCUT2D eigenvalue weighted by molar-refractivity contribution is 0.0877. The average Bonchev–Trinajstić information content (AvgIpc) is 1.91. The number of ether oxygens (including phenoxy) is 1. The first-order chi connectivity index (χ1) is 4.35. The second-order valence-corrected chi connectivity index (χ2v) is 1.83. The van der Waals surface area contributed by atoms with Gasteiger partial charge >= 0.3 is 0 Å². The van der Waals surface area contributed by atoms with E-state index in [0.717, 1.165) is 0 Å². The summed E-state index contributed by atoms with van der Waals surface area (Å²) in [5, 5.41) is 0. The Kier molecular flexibility index (Phi) is 5.83. The van der Waals surface area contributed by atoms with Crippen LogP contribution in [0.25, 0.3) is 0 Å². The van der Waals surface area contributed by atoms with Crippen LogP contribution < -0.4 is 0 Å². The van der Waals surface area contributed by atoms with E-state index in [4.69, 9.17) is 4.74 Å². The van der Waals surface area contributed by atoms with E-state index < -0.39 is 19.3 Å². The van der Waals surface area contributed by atoms with Gasteiger partial charge in [-0.2, -0.15) is 0 Å². The highest BCUT2D eigenvalue weighted by atomic mass is 19.1. The highest BCUT2D eigenvalue weighted by molar-refractivity contribution is 4.52. The molecule has 56 valence electrons. The molecule has 0 aliphatic carbocycles. The molecular formula is C6H12F2O. The van der Waals surface area contributed by atoms with Crippen LogP contribution in [0.2, 0.25) is 0 Å². The lowest BCUT2D eigenvalue weighted by atomic mass is 10.2. The third-order valence-corrected chi connectivity index (χ3v) is 0.994. The average molecular weight is 138 g/mol. The van der Waals surface area contributed by atoms with Gasteiger partial charge in [0, 0.05) is 12.5 Å². The third-order valence-electron chi connectivity index (χ3n) is 0.994. The summed E-state index contributed by atoms with van der Waals surface area (Å²) in [7, 11) is 0. The van der Waals surface area contributed by atoms with Crippen molar-refractivity contribution in [3.05, 3.63) is 0 Å². The molecule has 0 N–H and O–H groups in total. The molecule has 0 rings (SSSR count). The molecule has 0 spiro atoms. The first-order valence-electron chi connectivity index (χ1n) is 3.04. The van der Waals surface area contributed by atoms with Gasteiger partial charge in [0.25, 0.3) is 0 Å². The van der Waals surface area contributed by atoms with Crippen molar-refractivity contribution in [2.24, 2.45) is 5.92 Å². The highest BCUT2D eigenvalue weighted by Gasteiger charge is 2.06. The third kappa shape index (κ3) is 4.33. The number of alkyl halides is 2. The first-order valence-corrected chi connectivity index (χ1v) is 3.04. The molecule has 0 atom stereocenters. The second-order valence-electron chi connectivity index (χ2n) is 1.83. The van der Waals surface area contributed by atoms with Crippen LogP contribution in [0.15, 0.2) is 0 Å². The SMILES string of the molecule is CCOCC(CF)CF. The van der Waals surface area contributed by atoms with Gasteiger partial charge < -0.3 is 4.74 Å². The fourth-order valence-electron chi connectivity index (χ4n) is 0.415. The van der Waals surface area contributed by atoms with Crippen LogP contribution in [0.1, 0.15) is 6.92 Å². The van der Waals surface area contributed by atoms with Gasteiger partial charge in [0.2, 0.25) is 0 Å². The summed E-state index contributed by atoms with van der Waals surface area (Å²) in [6, 6.07) is 0. The van der Waals surface area contributed by atoms with E-state index in [1.807, 2.05) is 0 Å². The minimum atomic E-state index is -0.628. The fraction of sp³-hybridized carbons (Fsp3) is 1.00. The Morgan fingerprint density at radius 2 is 1.89 bits per heavy atom. The van der Waals surface area contributed by atoms with Crippen LogP contribution in [-0.4, -0.2) is 26.6 Å². The van der Waals surface area contributed by atoms with Crippen molar-refractivity contribution in [1.82, 2.24) is 0 Å². The Hall–Kier alpha value is -0.180. The molecule has 0 amide bonds. The zero-order valence-corrected chi connectivity index (χ0v) is 5.57. The summed E-state index contributed by atoms with van der Waals surface area (Å²) in [6.45, 7) is 1.26. The maximum atomic E-state index is 11.7. The molecule has 0 aromatic heterocycles. The first kappa shape index (κ1) is 8.82. The molecule has 0 bridgehead atoms. The second kappa shape index (κ2) is 5.95. The summed E-state index contributed by atoms with van der Waals surface area (Å²) in [6.07, 6.45) is 0. The van der Waals surface area contributed by atoms with E-state index in [0.29, 0.717) is 6.61 Å². The van der Waals surface area contributed by atoms with Crippen LogP contribution >= 0.6 is 0 Å². The molecule has 0 aromatic rings. The minimum Gasteiger partial charge on any atom is -0.381 e. The quantitative estimate of drug-likeness (QED) is 0.560. The van der Waals surface area contributed by atoms with Crippen molar-refractivity contribution in [2.75, 3.05) is 26.6 Å². The standard InChI is InChI=1S/C6H12F2O/c1-2-9-5-6(3-7)4-8/h6H,2-5H2,1H3. The van der Waals surface area contributed by atoms with E-state index in [9.17, 15) is 8.78 Å². The predicted octanol–water partition coefficient (Wildman–Crippen LogP) is 1.58. The van der Waals surface area contributed by atoms with Crippen LogP contribution in [0, 0.1) is 5.92 Å².